The molecule has 7 heteroatoms. The molecule has 0 atom stereocenters. The summed E-state index contributed by atoms with van der Waals surface area (Å²) in [5, 5.41) is 0. The summed E-state index contributed by atoms with van der Waals surface area (Å²) in [6.07, 6.45) is 1.47. The van der Waals surface area contributed by atoms with Gasteiger partial charge in [-0.05, 0) is 34.8 Å². The van der Waals surface area contributed by atoms with E-state index in [1.54, 1.807) is 6.07 Å². The second-order valence-corrected chi connectivity index (χ2v) is 6.81. The lowest BCUT2D eigenvalue weighted by Crippen LogP contribution is -2.34. The number of sulfonamides is 1. The molecular formula is C13H20BrNO4S. The summed E-state index contributed by atoms with van der Waals surface area (Å²) in [6.45, 7) is 3.89. The van der Waals surface area contributed by atoms with Gasteiger partial charge in [-0.3, -0.25) is 0 Å². The van der Waals surface area contributed by atoms with Gasteiger partial charge in [0.05, 0.1) is 14.2 Å². The zero-order valence-corrected chi connectivity index (χ0v) is 14.5. The second-order valence-electron chi connectivity index (χ2n) is 4.27. The van der Waals surface area contributed by atoms with Crippen molar-refractivity contribution >= 4 is 26.0 Å². The van der Waals surface area contributed by atoms with Crippen LogP contribution < -0.4 is 14.2 Å². The third-order valence-electron chi connectivity index (χ3n) is 3.04. The molecule has 0 radical (unpaired) electrons. The number of benzene rings is 1. The highest BCUT2D eigenvalue weighted by molar-refractivity contribution is 9.10. The standard InChI is InChI=1S/C13H20BrNO4S/c1-5-9(6-2)15-20(16,17)13-8-12(19-4)11(18-3)7-10(13)14/h7-9,15H,5-6H2,1-4H3. The number of nitrogens with one attached hydrogen (secondary N) is 1. The Bertz CT molecular complexity index is 556. The van der Waals surface area contributed by atoms with E-state index < -0.39 is 10.0 Å². The maximum absolute atomic E-state index is 12.4. The van der Waals surface area contributed by atoms with Crippen molar-refractivity contribution in [1.82, 2.24) is 4.72 Å². The van der Waals surface area contributed by atoms with E-state index in [1.807, 2.05) is 13.8 Å². The van der Waals surface area contributed by atoms with Crippen molar-refractivity contribution in [3.8, 4) is 11.5 Å². The molecule has 0 unspecified atom stereocenters. The monoisotopic (exact) mass is 365 g/mol. The molecule has 0 bridgehead atoms. The molecule has 1 rings (SSSR count). The zero-order chi connectivity index (χ0) is 15.3. The molecule has 114 valence electrons. The van der Waals surface area contributed by atoms with Crippen LogP contribution in [0.2, 0.25) is 0 Å². The van der Waals surface area contributed by atoms with Gasteiger partial charge in [-0.2, -0.15) is 0 Å². The fraction of sp³-hybridized carbons (Fsp3) is 0.538. The van der Waals surface area contributed by atoms with E-state index in [9.17, 15) is 8.42 Å². The summed E-state index contributed by atoms with van der Waals surface area (Å²) in [4.78, 5) is 0.141. The first-order valence-electron chi connectivity index (χ1n) is 6.33. The van der Waals surface area contributed by atoms with Gasteiger partial charge in [0.2, 0.25) is 10.0 Å². The van der Waals surface area contributed by atoms with Crippen LogP contribution in [0.15, 0.2) is 21.5 Å². The van der Waals surface area contributed by atoms with Gasteiger partial charge in [0.15, 0.2) is 11.5 Å². The quantitative estimate of drug-likeness (QED) is 0.806. The summed E-state index contributed by atoms with van der Waals surface area (Å²) in [5.74, 6) is 0.849. The maximum atomic E-state index is 12.4. The Labute approximate surface area is 128 Å². The van der Waals surface area contributed by atoms with Crippen molar-refractivity contribution in [3.05, 3.63) is 16.6 Å². The van der Waals surface area contributed by atoms with E-state index in [2.05, 4.69) is 20.7 Å². The van der Waals surface area contributed by atoms with Crippen LogP contribution in [0.25, 0.3) is 0 Å². The SMILES string of the molecule is CCC(CC)NS(=O)(=O)c1cc(OC)c(OC)cc1Br. The Kier molecular flexibility index (Phi) is 6.29. The van der Waals surface area contributed by atoms with Crippen LogP contribution in [0.4, 0.5) is 0 Å². The first kappa shape index (κ1) is 17.3. The predicted molar refractivity (Wildman–Crippen MR) is 81.9 cm³/mol. The van der Waals surface area contributed by atoms with Crippen molar-refractivity contribution < 1.29 is 17.9 Å². The molecule has 0 aliphatic heterocycles. The molecule has 0 fully saturated rings. The van der Waals surface area contributed by atoms with Crippen molar-refractivity contribution in [3.63, 3.8) is 0 Å². The minimum absolute atomic E-state index is 0.0833. The van der Waals surface area contributed by atoms with Crippen molar-refractivity contribution in [2.75, 3.05) is 14.2 Å². The Morgan fingerprint density at radius 2 is 1.65 bits per heavy atom. The number of halogens is 1. The van der Waals surface area contributed by atoms with Gasteiger partial charge >= 0.3 is 0 Å². The largest absolute Gasteiger partial charge is 0.493 e. The third kappa shape index (κ3) is 3.86. The van der Waals surface area contributed by atoms with Crippen molar-refractivity contribution in [2.45, 2.75) is 37.6 Å². The lowest BCUT2D eigenvalue weighted by molar-refractivity contribution is 0.353. The van der Waals surface area contributed by atoms with E-state index in [0.717, 1.165) is 12.8 Å². The summed E-state index contributed by atoms with van der Waals surface area (Å²) < 4.78 is 38.2. The Morgan fingerprint density at radius 1 is 1.15 bits per heavy atom. The fourth-order valence-electron chi connectivity index (χ4n) is 1.78. The molecule has 0 aromatic heterocycles. The Morgan fingerprint density at radius 3 is 2.10 bits per heavy atom. The predicted octanol–water partition coefficient (Wildman–Crippen LogP) is 2.93. The maximum Gasteiger partial charge on any atom is 0.242 e. The molecule has 1 aromatic carbocycles. The van der Waals surface area contributed by atoms with Crippen molar-refractivity contribution in [2.24, 2.45) is 0 Å². The molecule has 5 nitrogen and oxygen atoms in total. The highest BCUT2D eigenvalue weighted by Crippen LogP contribution is 2.35. The molecule has 0 heterocycles. The van der Waals surface area contributed by atoms with Gasteiger partial charge in [-0.25, -0.2) is 13.1 Å². The van der Waals surface area contributed by atoms with E-state index in [1.165, 1.54) is 20.3 Å². The topological polar surface area (TPSA) is 64.6 Å². The lowest BCUT2D eigenvalue weighted by atomic mass is 10.2. The van der Waals surface area contributed by atoms with Gasteiger partial charge in [-0.1, -0.05) is 13.8 Å². The molecular weight excluding hydrogens is 346 g/mol. The fourth-order valence-corrected chi connectivity index (χ4v) is 4.22. The molecule has 0 saturated carbocycles. The molecule has 0 amide bonds. The number of methoxy groups -OCH3 is 2. The van der Waals surface area contributed by atoms with Gasteiger partial charge in [0, 0.05) is 16.6 Å². The van der Waals surface area contributed by atoms with Gasteiger partial charge in [0.1, 0.15) is 4.90 Å². The van der Waals surface area contributed by atoms with Crippen LogP contribution in [0.5, 0.6) is 11.5 Å². The smallest absolute Gasteiger partial charge is 0.242 e. The zero-order valence-electron chi connectivity index (χ0n) is 12.1. The van der Waals surface area contributed by atoms with E-state index in [4.69, 9.17) is 9.47 Å². The number of rotatable bonds is 7. The first-order chi connectivity index (χ1) is 9.39. The van der Waals surface area contributed by atoms with Crippen LogP contribution in [-0.4, -0.2) is 28.7 Å². The van der Waals surface area contributed by atoms with Gasteiger partial charge in [-0.15, -0.1) is 0 Å². The highest BCUT2D eigenvalue weighted by Gasteiger charge is 2.23. The van der Waals surface area contributed by atoms with Crippen molar-refractivity contribution in [1.29, 1.82) is 0 Å². The molecule has 1 N–H and O–H groups in total. The third-order valence-corrected chi connectivity index (χ3v) is 5.51. The lowest BCUT2D eigenvalue weighted by Gasteiger charge is -2.17. The van der Waals surface area contributed by atoms with E-state index >= 15 is 0 Å². The first-order valence-corrected chi connectivity index (χ1v) is 8.61. The van der Waals surface area contributed by atoms with Crippen LogP contribution in [0.1, 0.15) is 26.7 Å². The molecule has 0 spiro atoms. The minimum Gasteiger partial charge on any atom is -0.493 e. The average Bonchev–Trinajstić information content (AvgIpc) is 2.43. The summed E-state index contributed by atoms with van der Waals surface area (Å²) in [7, 11) is -0.635. The van der Waals surface area contributed by atoms with Gasteiger partial charge < -0.3 is 9.47 Å². The van der Waals surface area contributed by atoms with Gasteiger partial charge in [0.25, 0.3) is 0 Å². The number of hydrogen-bond acceptors (Lipinski definition) is 4. The van der Waals surface area contributed by atoms with Crippen LogP contribution in [-0.2, 0) is 10.0 Å². The summed E-state index contributed by atoms with van der Waals surface area (Å²) in [5.41, 5.74) is 0. The Hall–Kier alpha value is -0.790. The van der Waals surface area contributed by atoms with Crippen LogP contribution in [0.3, 0.4) is 0 Å². The normalized spacial score (nSPS) is 11.7. The average molecular weight is 366 g/mol. The Balaban J connectivity index is 3.24. The number of hydrogen-bond donors (Lipinski definition) is 1. The van der Waals surface area contributed by atoms with E-state index in [0.29, 0.717) is 16.0 Å². The number of ether oxygens (including phenoxy) is 2. The molecule has 0 aliphatic rings. The van der Waals surface area contributed by atoms with E-state index in [-0.39, 0.29) is 10.9 Å². The van der Waals surface area contributed by atoms with Crippen LogP contribution >= 0.6 is 15.9 Å². The summed E-state index contributed by atoms with van der Waals surface area (Å²) >= 11 is 3.27. The van der Waals surface area contributed by atoms with Crippen LogP contribution in [0, 0.1) is 0 Å². The molecule has 1 aromatic rings. The minimum atomic E-state index is -3.60. The second kappa shape index (κ2) is 7.28. The summed E-state index contributed by atoms with van der Waals surface area (Å²) in [6, 6.07) is 2.95. The molecule has 0 aliphatic carbocycles. The molecule has 20 heavy (non-hydrogen) atoms. The highest BCUT2D eigenvalue weighted by atomic mass is 79.9. The molecule has 0 saturated heterocycles.